The fourth-order valence-corrected chi connectivity index (χ4v) is 4.60. The fraction of sp³-hybridized carbons (Fsp3) is 0.619. The summed E-state index contributed by atoms with van der Waals surface area (Å²) in [7, 11) is 0. The number of aliphatic carboxylic acids is 1. The summed E-state index contributed by atoms with van der Waals surface area (Å²) in [4.78, 5) is 26.0. The Balaban J connectivity index is 0.000000307. The second-order valence-corrected chi connectivity index (χ2v) is 8.25. The van der Waals surface area contributed by atoms with Gasteiger partial charge in [-0.25, -0.2) is 4.79 Å². The first-order valence-corrected chi connectivity index (χ1v) is 10.6. The second kappa shape index (κ2) is 9.14. The summed E-state index contributed by atoms with van der Waals surface area (Å²) in [6.07, 6.45) is -1.04. The Kier molecular flexibility index (Phi) is 6.47. The molecule has 0 radical (unpaired) electrons. The lowest BCUT2D eigenvalue weighted by Gasteiger charge is -2.23. The molecule has 1 amide bonds. The predicted octanol–water partition coefficient (Wildman–Crippen LogP) is 2.40. The van der Waals surface area contributed by atoms with E-state index in [1.54, 1.807) is 0 Å². The third kappa shape index (κ3) is 4.93. The number of carbonyl (C=O) groups excluding carboxylic acids is 1. The van der Waals surface area contributed by atoms with E-state index in [0.29, 0.717) is 12.8 Å². The van der Waals surface area contributed by atoms with Crippen LogP contribution in [0.4, 0.5) is 13.2 Å². The molecule has 1 aromatic carbocycles. The first-order chi connectivity index (χ1) is 15.2. The van der Waals surface area contributed by atoms with Crippen LogP contribution in [-0.2, 0) is 20.9 Å². The smallest absolute Gasteiger partial charge is 0.475 e. The average Bonchev–Trinajstić information content (AvgIpc) is 3.52. The molecule has 1 N–H and O–H groups in total. The Morgan fingerprint density at radius 3 is 2.47 bits per heavy atom. The van der Waals surface area contributed by atoms with Gasteiger partial charge in [-0.1, -0.05) is 6.07 Å². The van der Waals surface area contributed by atoms with Gasteiger partial charge in [-0.05, 0) is 37.0 Å². The molecule has 4 aliphatic rings. The number of hydrogen-bond donors (Lipinski definition) is 1. The van der Waals surface area contributed by atoms with Crippen molar-refractivity contribution in [3.63, 3.8) is 0 Å². The van der Waals surface area contributed by atoms with Crippen molar-refractivity contribution in [1.82, 2.24) is 9.80 Å². The molecular formula is C21H25F3N2O6. The molecule has 4 aliphatic heterocycles. The maximum Gasteiger partial charge on any atom is 0.490 e. The summed E-state index contributed by atoms with van der Waals surface area (Å²) in [5.74, 6) is -0.899. The number of carboxylic acids is 1. The monoisotopic (exact) mass is 458 g/mol. The van der Waals surface area contributed by atoms with Crippen molar-refractivity contribution in [2.24, 2.45) is 0 Å². The quantitative estimate of drug-likeness (QED) is 0.744. The number of ether oxygens (including phenoxy) is 3. The average molecular weight is 458 g/mol. The van der Waals surface area contributed by atoms with Crippen molar-refractivity contribution in [2.45, 2.75) is 56.7 Å². The molecular weight excluding hydrogens is 433 g/mol. The summed E-state index contributed by atoms with van der Waals surface area (Å²) >= 11 is 0. The number of nitrogens with zero attached hydrogens (tertiary/aromatic N) is 2. The number of hydrogen-bond acceptors (Lipinski definition) is 6. The van der Waals surface area contributed by atoms with E-state index >= 15 is 0 Å². The highest BCUT2D eigenvalue weighted by molar-refractivity contribution is 5.81. The third-order valence-corrected chi connectivity index (χ3v) is 6.15. The zero-order valence-electron chi connectivity index (χ0n) is 17.3. The Morgan fingerprint density at radius 1 is 1.09 bits per heavy atom. The lowest BCUT2D eigenvalue weighted by molar-refractivity contribution is -0.192. The van der Waals surface area contributed by atoms with Crippen LogP contribution in [0.15, 0.2) is 18.2 Å². The minimum Gasteiger partial charge on any atom is -0.475 e. The van der Waals surface area contributed by atoms with E-state index in [4.69, 9.17) is 24.1 Å². The Bertz CT molecular complexity index is 858. The molecule has 32 heavy (non-hydrogen) atoms. The van der Waals surface area contributed by atoms with Gasteiger partial charge in [0.25, 0.3) is 5.91 Å². The van der Waals surface area contributed by atoms with Crippen LogP contribution < -0.4 is 9.47 Å². The van der Waals surface area contributed by atoms with Crippen molar-refractivity contribution in [1.29, 1.82) is 0 Å². The molecule has 3 fully saturated rings. The molecule has 0 unspecified atom stereocenters. The van der Waals surface area contributed by atoms with Gasteiger partial charge in [-0.2, -0.15) is 13.2 Å². The van der Waals surface area contributed by atoms with Crippen LogP contribution in [0.1, 0.15) is 31.2 Å². The Morgan fingerprint density at radius 2 is 1.78 bits per heavy atom. The fourth-order valence-electron chi connectivity index (χ4n) is 4.60. The molecule has 8 nitrogen and oxygen atoms in total. The SMILES string of the molecule is O=C(O)C(F)(F)F.O=C([C@H]1C[C@H]2[C@H](CCN2Cc2ccc3c(c2)OCO3)O1)N1CCCC1. The summed E-state index contributed by atoms with van der Waals surface area (Å²) < 4.78 is 48.7. The molecule has 0 bridgehead atoms. The minimum atomic E-state index is -5.08. The molecule has 176 valence electrons. The van der Waals surface area contributed by atoms with E-state index in [2.05, 4.69) is 17.0 Å². The molecule has 0 spiro atoms. The highest BCUT2D eigenvalue weighted by Crippen LogP contribution is 2.37. The first-order valence-electron chi connectivity index (χ1n) is 10.6. The van der Waals surface area contributed by atoms with Crippen molar-refractivity contribution in [3.8, 4) is 11.5 Å². The minimum absolute atomic E-state index is 0.200. The Hall–Kier alpha value is -2.53. The Labute approximate surface area is 182 Å². The first kappa shape index (κ1) is 22.7. The van der Waals surface area contributed by atoms with Crippen LogP contribution >= 0.6 is 0 Å². The van der Waals surface area contributed by atoms with E-state index in [9.17, 15) is 18.0 Å². The highest BCUT2D eigenvalue weighted by Gasteiger charge is 2.46. The third-order valence-electron chi connectivity index (χ3n) is 6.15. The van der Waals surface area contributed by atoms with Gasteiger partial charge in [-0.3, -0.25) is 9.69 Å². The number of likely N-dealkylation sites (tertiary alicyclic amines) is 2. The van der Waals surface area contributed by atoms with E-state index in [0.717, 1.165) is 63.4 Å². The van der Waals surface area contributed by atoms with Crippen LogP contribution in [0.3, 0.4) is 0 Å². The number of fused-ring (bicyclic) bond motifs is 2. The summed E-state index contributed by atoms with van der Waals surface area (Å²) in [5, 5.41) is 7.12. The van der Waals surface area contributed by atoms with Crippen LogP contribution in [0.25, 0.3) is 0 Å². The maximum atomic E-state index is 12.6. The summed E-state index contributed by atoms with van der Waals surface area (Å²) in [6, 6.07) is 6.50. The number of benzene rings is 1. The topological polar surface area (TPSA) is 88.5 Å². The normalized spacial score (nSPS) is 26.6. The molecule has 0 saturated carbocycles. The van der Waals surface area contributed by atoms with E-state index in [1.807, 2.05) is 11.0 Å². The van der Waals surface area contributed by atoms with E-state index in [-0.39, 0.29) is 18.1 Å². The molecule has 11 heteroatoms. The zero-order valence-corrected chi connectivity index (χ0v) is 17.3. The van der Waals surface area contributed by atoms with Crippen LogP contribution in [0.2, 0.25) is 0 Å². The molecule has 3 saturated heterocycles. The molecule has 3 atom stereocenters. The van der Waals surface area contributed by atoms with Crippen molar-refractivity contribution >= 4 is 11.9 Å². The molecule has 0 aromatic heterocycles. The number of halogens is 3. The van der Waals surface area contributed by atoms with Gasteiger partial charge < -0.3 is 24.2 Å². The lowest BCUT2D eigenvalue weighted by atomic mass is 10.1. The van der Waals surface area contributed by atoms with Gasteiger partial charge in [0.2, 0.25) is 6.79 Å². The van der Waals surface area contributed by atoms with Crippen LogP contribution in [0.5, 0.6) is 11.5 Å². The predicted molar refractivity (Wildman–Crippen MR) is 104 cm³/mol. The van der Waals surface area contributed by atoms with Gasteiger partial charge >= 0.3 is 12.1 Å². The van der Waals surface area contributed by atoms with Crippen LogP contribution in [-0.4, -0.2) is 77.6 Å². The largest absolute Gasteiger partial charge is 0.490 e. The second-order valence-electron chi connectivity index (χ2n) is 8.25. The number of alkyl halides is 3. The van der Waals surface area contributed by atoms with Crippen LogP contribution in [0, 0.1) is 0 Å². The lowest BCUT2D eigenvalue weighted by Crippen LogP contribution is -2.38. The molecule has 5 rings (SSSR count). The molecule has 0 aliphatic carbocycles. The van der Waals surface area contributed by atoms with Gasteiger partial charge in [0, 0.05) is 38.6 Å². The molecule has 1 aromatic rings. The number of carboxylic acid groups (broad SMARTS) is 1. The van der Waals surface area contributed by atoms with Crippen molar-refractivity contribution < 1.29 is 42.1 Å². The van der Waals surface area contributed by atoms with Crippen molar-refractivity contribution in [2.75, 3.05) is 26.4 Å². The van der Waals surface area contributed by atoms with Crippen molar-refractivity contribution in [3.05, 3.63) is 23.8 Å². The number of amides is 1. The summed E-state index contributed by atoms with van der Waals surface area (Å²) in [5.41, 5.74) is 1.22. The summed E-state index contributed by atoms with van der Waals surface area (Å²) in [6.45, 7) is 3.99. The van der Waals surface area contributed by atoms with Gasteiger partial charge in [0.05, 0.1) is 6.10 Å². The van der Waals surface area contributed by atoms with Gasteiger partial charge in [0.15, 0.2) is 11.5 Å². The maximum absolute atomic E-state index is 12.6. The van der Waals surface area contributed by atoms with Gasteiger partial charge in [-0.15, -0.1) is 0 Å². The zero-order chi connectivity index (χ0) is 22.9. The molecule has 4 heterocycles. The van der Waals surface area contributed by atoms with Gasteiger partial charge in [0.1, 0.15) is 6.10 Å². The van der Waals surface area contributed by atoms with E-state index in [1.165, 1.54) is 5.56 Å². The standard InChI is InChI=1S/C19H24N2O4.C2HF3O2/c22-19(20-6-1-2-7-20)18-10-14-15(25-18)5-8-21(14)11-13-3-4-16-17(9-13)24-12-23-16;3-2(4,5)1(6)7/h3-4,9,14-15,18H,1-2,5-8,10-12H2;(H,6,7)/t14-,15-,18+;/m0./s1. The highest BCUT2D eigenvalue weighted by atomic mass is 19.4. The van der Waals surface area contributed by atoms with E-state index < -0.39 is 12.1 Å². The number of carbonyl (C=O) groups is 2. The number of rotatable bonds is 3.